The number of benzene rings is 3. The lowest BCUT2D eigenvalue weighted by Gasteiger charge is -2.25. The second-order valence-corrected chi connectivity index (χ2v) is 9.87. The summed E-state index contributed by atoms with van der Waals surface area (Å²) in [5.41, 5.74) is 1.08. The van der Waals surface area contributed by atoms with Gasteiger partial charge in [-0.25, -0.2) is 8.42 Å². The van der Waals surface area contributed by atoms with Crippen LogP contribution in [-0.2, 0) is 14.8 Å². The first-order valence-electron chi connectivity index (χ1n) is 10.6. The zero-order valence-corrected chi connectivity index (χ0v) is 21.4. The highest BCUT2D eigenvalue weighted by Gasteiger charge is 2.28. The van der Waals surface area contributed by atoms with Crippen LogP contribution in [0.4, 0.5) is 5.69 Å². The van der Waals surface area contributed by atoms with Crippen molar-refractivity contribution in [2.45, 2.75) is 17.9 Å². The van der Waals surface area contributed by atoms with Crippen molar-refractivity contribution in [2.75, 3.05) is 32.2 Å². The summed E-state index contributed by atoms with van der Waals surface area (Å²) < 4.78 is 43.8. The number of amides is 1. The third-order valence-corrected chi connectivity index (χ3v) is 7.37. The second-order valence-electron chi connectivity index (χ2n) is 7.57. The fraction of sp³-hybridized carbons (Fsp3) is 0.240. The number of sulfonamides is 1. The Balaban J connectivity index is 1.87. The average molecular weight is 519 g/mol. The van der Waals surface area contributed by atoms with Gasteiger partial charge >= 0.3 is 0 Å². The highest BCUT2D eigenvalue weighted by molar-refractivity contribution is 7.92. The lowest BCUT2D eigenvalue weighted by Crippen LogP contribution is -2.41. The summed E-state index contributed by atoms with van der Waals surface area (Å²) in [5.74, 6) is 1.12. The Morgan fingerprint density at radius 3 is 2.11 bits per heavy atom. The minimum absolute atomic E-state index is 0.0222. The highest BCUT2D eigenvalue weighted by atomic mass is 35.5. The van der Waals surface area contributed by atoms with Crippen LogP contribution in [0.5, 0.6) is 17.2 Å². The molecule has 0 radical (unpaired) electrons. The van der Waals surface area contributed by atoms with Crippen molar-refractivity contribution in [3.63, 3.8) is 0 Å². The number of nitrogens with zero attached hydrogens (tertiary/aromatic N) is 1. The number of carbonyl (C=O) groups excluding carboxylic acids is 1. The smallest absolute Gasteiger partial charge is 0.264 e. The lowest BCUT2D eigenvalue weighted by molar-refractivity contribution is -0.120. The molecule has 0 aliphatic heterocycles. The van der Waals surface area contributed by atoms with Gasteiger partial charge in [0.15, 0.2) is 11.5 Å². The van der Waals surface area contributed by atoms with Gasteiger partial charge in [0.25, 0.3) is 10.0 Å². The summed E-state index contributed by atoms with van der Waals surface area (Å²) in [5, 5.41) is 3.30. The summed E-state index contributed by atoms with van der Waals surface area (Å²) in [6.45, 7) is 1.36. The molecular formula is C25H27ClN2O6S. The standard InChI is InChI=1S/C25H27ClN2O6S/c1-17(18-5-14-23(33-3)24(15-18)34-4)27-25(29)16-28(20-8-6-19(26)7-9-20)35(30,31)22-12-10-21(32-2)11-13-22/h5-15,17H,16H2,1-4H3,(H,27,29)/t17-/m1/s1. The van der Waals surface area contributed by atoms with E-state index in [-0.39, 0.29) is 4.90 Å². The monoisotopic (exact) mass is 518 g/mol. The fourth-order valence-corrected chi connectivity index (χ4v) is 4.97. The number of ether oxygens (including phenoxy) is 3. The topological polar surface area (TPSA) is 94.2 Å². The van der Waals surface area contributed by atoms with Crippen molar-refractivity contribution in [3.05, 3.63) is 77.3 Å². The van der Waals surface area contributed by atoms with E-state index < -0.39 is 28.5 Å². The normalized spacial score (nSPS) is 11.9. The van der Waals surface area contributed by atoms with E-state index in [1.165, 1.54) is 33.5 Å². The highest BCUT2D eigenvalue weighted by Crippen LogP contribution is 2.30. The number of rotatable bonds is 10. The molecule has 3 rings (SSSR count). The van der Waals surface area contributed by atoms with Crippen LogP contribution in [0, 0.1) is 0 Å². The van der Waals surface area contributed by atoms with Crippen LogP contribution < -0.4 is 23.8 Å². The summed E-state index contributed by atoms with van der Waals surface area (Å²) in [6, 6.07) is 17.1. The van der Waals surface area contributed by atoms with Gasteiger partial charge in [0.2, 0.25) is 5.91 Å². The number of anilines is 1. The molecule has 0 saturated heterocycles. The van der Waals surface area contributed by atoms with E-state index in [1.807, 2.05) is 0 Å². The summed E-state index contributed by atoms with van der Waals surface area (Å²) in [6.07, 6.45) is 0. The molecule has 0 bridgehead atoms. The van der Waals surface area contributed by atoms with Gasteiger partial charge in [-0.05, 0) is 73.2 Å². The van der Waals surface area contributed by atoms with Crippen molar-refractivity contribution in [1.29, 1.82) is 0 Å². The van der Waals surface area contributed by atoms with Gasteiger partial charge in [0.1, 0.15) is 12.3 Å². The zero-order chi connectivity index (χ0) is 25.6. The maximum Gasteiger partial charge on any atom is 0.264 e. The lowest BCUT2D eigenvalue weighted by atomic mass is 10.1. The van der Waals surface area contributed by atoms with E-state index >= 15 is 0 Å². The number of hydrogen-bond acceptors (Lipinski definition) is 6. The molecular weight excluding hydrogens is 492 g/mol. The predicted octanol–water partition coefficient (Wildman–Crippen LogP) is 4.44. The number of nitrogens with one attached hydrogen (secondary N) is 1. The molecule has 0 saturated carbocycles. The Kier molecular flexibility index (Phi) is 8.48. The Morgan fingerprint density at radius 1 is 0.914 bits per heavy atom. The van der Waals surface area contributed by atoms with Gasteiger partial charge < -0.3 is 19.5 Å². The van der Waals surface area contributed by atoms with Gasteiger partial charge in [0, 0.05) is 5.02 Å². The molecule has 0 aromatic heterocycles. The molecule has 1 N–H and O–H groups in total. The molecule has 0 aliphatic rings. The van der Waals surface area contributed by atoms with Crippen LogP contribution in [-0.4, -0.2) is 42.2 Å². The van der Waals surface area contributed by atoms with E-state index in [4.69, 9.17) is 25.8 Å². The van der Waals surface area contributed by atoms with E-state index in [0.717, 1.165) is 9.87 Å². The third kappa shape index (κ3) is 6.17. The Hall–Kier alpha value is -3.43. The SMILES string of the molecule is COc1ccc(S(=O)(=O)N(CC(=O)N[C@H](C)c2ccc(OC)c(OC)c2)c2ccc(Cl)cc2)cc1. The van der Waals surface area contributed by atoms with E-state index in [9.17, 15) is 13.2 Å². The first-order chi connectivity index (χ1) is 16.7. The van der Waals surface area contributed by atoms with Crippen LogP contribution in [0.15, 0.2) is 71.6 Å². The molecule has 0 spiro atoms. The van der Waals surface area contributed by atoms with Crippen LogP contribution in [0.3, 0.4) is 0 Å². The van der Waals surface area contributed by atoms with Crippen LogP contribution >= 0.6 is 11.6 Å². The number of halogens is 1. The summed E-state index contributed by atoms with van der Waals surface area (Å²) >= 11 is 5.99. The Labute approximate surface area is 210 Å². The molecule has 35 heavy (non-hydrogen) atoms. The van der Waals surface area contributed by atoms with Gasteiger partial charge in [-0.2, -0.15) is 0 Å². The van der Waals surface area contributed by atoms with Gasteiger partial charge in [-0.15, -0.1) is 0 Å². The second kappa shape index (κ2) is 11.3. The zero-order valence-electron chi connectivity index (χ0n) is 19.8. The molecule has 3 aromatic rings. The first kappa shape index (κ1) is 26.2. The van der Waals surface area contributed by atoms with E-state index in [0.29, 0.717) is 28.0 Å². The molecule has 0 unspecified atom stereocenters. The summed E-state index contributed by atoms with van der Waals surface area (Å²) in [7, 11) is 0.489. The van der Waals surface area contributed by atoms with Crippen LogP contribution in [0.2, 0.25) is 5.02 Å². The Bertz CT molecular complexity index is 1260. The quantitative estimate of drug-likeness (QED) is 0.426. The predicted molar refractivity (Wildman–Crippen MR) is 135 cm³/mol. The van der Waals surface area contributed by atoms with E-state index in [1.54, 1.807) is 61.5 Å². The first-order valence-corrected chi connectivity index (χ1v) is 12.4. The minimum atomic E-state index is -4.07. The Morgan fingerprint density at radius 2 is 1.54 bits per heavy atom. The number of hydrogen-bond donors (Lipinski definition) is 1. The molecule has 0 heterocycles. The van der Waals surface area contributed by atoms with Crippen molar-refractivity contribution in [1.82, 2.24) is 5.32 Å². The van der Waals surface area contributed by atoms with Crippen molar-refractivity contribution < 1.29 is 27.4 Å². The molecule has 10 heteroatoms. The van der Waals surface area contributed by atoms with Crippen LogP contribution in [0.25, 0.3) is 0 Å². The van der Waals surface area contributed by atoms with Crippen molar-refractivity contribution in [3.8, 4) is 17.2 Å². The van der Waals surface area contributed by atoms with Crippen LogP contribution in [0.1, 0.15) is 18.5 Å². The molecule has 1 amide bonds. The molecule has 0 aliphatic carbocycles. The third-order valence-electron chi connectivity index (χ3n) is 5.33. The maximum absolute atomic E-state index is 13.5. The fourth-order valence-electron chi connectivity index (χ4n) is 3.42. The molecule has 3 aromatic carbocycles. The van der Waals surface area contributed by atoms with Gasteiger partial charge in [0.05, 0.1) is 38.0 Å². The average Bonchev–Trinajstić information content (AvgIpc) is 2.87. The van der Waals surface area contributed by atoms with Gasteiger partial charge in [-0.1, -0.05) is 17.7 Å². The molecule has 1 atom stereocenters. The van der Waals surface area contributed by atoms with E-state index in [2.05, 4.69) is 5.32 Å². The molecule has 8 nitrogen and oxygen atoms in total. The molecule has 186 valence electrons. The molecule has 0 fully saturated rings. The summed E-state index contributed by atoms with van der Waals surface area (Å²) in [4.78, 5) is 13.0. The number of carbonyl (C=O) groups is 1. The van der Waals surface area contributed by atoms with Crippen molar-refractivity contribution in [2.24, 2.45) is 0 Å². The van der Waals surface area contributed by atoms with Crippen molar-refractivity contribution >= 4 is 33.2 Å². The maximum atomic E-state index is 13.5. The number of methoxy groups -OCH3 is 3. The largest absolute Gasteiger partial charge is 0.497 e. The minimum Gasteiger partial charge on any atom is -0.497 e. The van der Waals surface area contributed by atoms with Gasteiger partial charge in [-0.3, -0.25) is 9.10 Å².